The SMILES string of the molecule is CN(C)S(=O)(=O)c1ccc(OC(C)(C(=O)N2CCNC(=O)C2)[C@@]2(c3ccc(Cl)cc3)[N+]#CN[C@@H]2c2ccc(Cl)cc2)cc1F. The highest BCUT2D eigenvalue weighted by molar-refractivity contribution is 7.89. The molecule has 3 atom stereocenters. The highest BCUT2D eigenvalue weighted by atomic mass is 35.5. The van der Waals surface area contributed by atoms with Crippen molar-refractivity contribution < 1.29 is 27.1 Å². The van der Waals surface area contributed by atoms with Crippen molar-refractivity contribution in [2.24, 2.45) is 0 Å². The number of halogens is 3. The Labute approximate surface area is 264 Å². The van der Waals surface area contributed by atoms with E-state index in [9.17, 15) is 18.0 Å². The summed E-state index contributed by atoms with van der Waals surface area (Å²) >= 11 is 12.4. The van der Waals surface area contributed by atoms with E-state index in [1.807, 2.05) is 0 Å². The zero-order valence-electron chi connectivity index (χ0n) is 24.0. The summed E-state index contributed by atoms with van der Waals surface area (Å²) < 4.78 is 48.2. The summed E-state index contributed by atoms with van der Waals surface area (Å²) in [6.07, 6.45) is 2.82. The number of hydrogen-bond acceptors (Lipinski definition) is 6. The summed E-state index contributed by atoms with van der Waals surface area (Å²) in [5, 5.41) is 6.76. The fourth-order valence-corrected chi connectivity index (χ4v) is 6.70. The van der Waals surface area contributed by atoms with Gasteiger partial charge in [0.15, 0.2) is 6.04 Å². The van der Waals surface area contributed by atoms with Gasteiger partial charge in [-0.1, -0.05) is 47.5 Å². The second-order valence-corrected chi connectivity index (χ2v) is 13.7. The lowest BCUT2D eigenvalue weighted by Gasteiger charge is -2.43. The molecule has 3 aromatic carbocycles. The van der Waals surface area contributed by atoms with Crippen LogP contribution in [0.3, 0.4) is 0 Å². The van der Waals surface area contributed by atoms with Gasteiger partial charge in [-0.15, -0.1) is 0 Å². The molecule has 0 aromatic heterocycles. The predicted octanol–water partition coefficient (Wildman–Crippen LogP) is 4.01. The molecule has 1 saturated heterocycles. The summed E-state index contributed by atoms with van der Waals surface area (Å²) in [6, 6.07) is 16.1. The molecule has 1 unspecified atom stereocenters. The Hall–Kier alpha value is -3.89. The molecule has 5 rings (SSSR count). The Bertz CT molecular complexity index is 1780. The first-order valence-corrected chi connectivity index (χ1v) is 15.7. The van der Waals surface area contributed by atoms with Gasteiger partial charge in [-0.3, -0.25) is 9.59 Å². The molecular weight excluding hydrogens is 632 g/mol. The molecule has 0 spiro atoms. The van der Waals surface area contributed by atoms with Crippen LogP contribution in [0.2, 0.25) is 10.0 Å². The lowest BCUT2D eigenvalue weighted by molar-refractivity contribution is -0.156. The Balaban J connectivity index is 1.73. The van der Waals surface area contributed by atoms with Gasteiger partial charge in [-0.05, 0) is 43.3 Å². The van der Waals surface area contributed by atoms with E-state index in [1.54, 1.807) is 48.5 Å². The number of piperazine rings is 1. The van der Waals surface area contributed by atoms with E-state index in [-0.39, 0.29) is 31.3 Å². The zero-order chi connectivity index (χ0) is 31.9. The molecule has 0 aliphatic carbocycles. The van der Waals surface area contributed by atoms with Crippen molar-refractivity contribution in [2.75, 3.05) is 33.7 Å². The lowest BCUT2D eigenvalue weighted by atomic mass is 9.68. The molecule has 1 fully saturated rings. The van der Waals surface area contributed by atoms with Crippen molar-refractivity contribution in [2.45, 2.75) is 29.0 Å². The van der Waals surface area contributed by atoms with E-state index in [0.717, 1.165) is 16.4 Å². The molecule has 2 heterocycles. The third kappa shape index (κ3) is 5.45. The molecule has 0 radical (unpaired) electrons. The molecule has 0 saturated carbocycles. The van der Waals surface area contributed by atoms with E-state index >= 15 is 4.39 Å². The first-order chi connectivity index (χ1) is 20.8. The number of nitrogens with zero attached hydrogens (tertiary/aromatic N) is 3. The van der Waals surface area contributed by atoms with Crippen LogP contribution in [-0.2, 0) is 25.2 Å². The topological polar surface area (TPSA) is 112 Å². The van der Waals surface area contributed by atoms with Gasteiger partial charge < -0.3 is 15.0 Å². The fourth-order valence-electron chi connectivity index (χ4n) is 5.51. The molecule has 0 bridgehead atoms. The van der Waals surface area contributed by atoms with Crippen LogP contribution in [0, 0.1) is 12.0 Å². The standard InChI is InChI=1S/C30H28Cl2FN5O5S/c1-29(28(40)38-15-14-34-26(39)17-38,43-23-12-13-25(24(33)16-23)44(41,42)37(2)3)30(20-6-10-22(32)11-7-20)27(35-18-36-30)19-4-8-21(31)9-5-19/h4-13,16,27H,14-15,17H2,1-3H3,(H,34,39)/p+1/t27-,29?,30+/m1/s1. The molecule has 2 aliphatic heterocycles. The van der Waals surface area contributed by atoms with Crippen LogP contribution in [0.15, 0.2) is 71.6 Å². The highest BCUT2D eigenvalue weighted by Crippen LogP contribution is 2.52. The lowest BCUT2D eigenvalue weighted by Crippen LogP contribution is -2.66. The number of amides is 2. The Kier molecular flexibility index (Phi) is 8.52. The third-order valence-corrected chi connectivity index (χ3v) is 10.1. The van der Waals surface area contributed by atoms with E-state index in [1.165, 1.54) is 32.0 Å². The number of carbonyl (C=O) groups excluding carboxylic acids is 2. The minimum atomic E-state index is -4.11. The average molecular weight is 662 g/mol. The second kappa shape index (κ2) is 11.9. The average Bonchev–Trinajstić information content (AvgIpc) is 3.44. The van der Waals surface area contributed by atoms with Gasteiger partial charge in [0, 0.05) is 54.4 Å². The quantitative estimate of drug-likeness (QED) is 0.353. The van der Waals surface area contributed by atoms with Crippen molar-refractivity contribution in [3.63, 3.8) is 0 Å². The number of hydrogen-bond donors (Lipinski definition) is 2. The normalized spacial score (nSPS) is 21.1. The number of sulfonamides is 1. The van der Waals surface area contributed by atoms with Crippen LogP contribution >= 0.6 is 23.2 Å². The van der Waals surface area contributed by atoms with Crippen molar-refractivity contribution in [3.8, 4) is 11.9 Å². The molecule has 2 N–H and O–H groups in total. The van der Waals surface area contributed by atoms with Crippen molar-refractivity contribution >= 4 is 45.0 Å². The first kappa shape index (κ1) is 31.5. The highest BCUT2D eigenvalue weighted by Gasteiger charge is 2.71. The number of rotatable bonds is 8. The maximum absolute atomic E-state index is 15.4. The Morgan fingerprint density at radius 3 is 2.34 bits per heavy atom. The smallest absolute Gasteiger partial charge is 0.370 e. The number of carbonyl (C=O) groups is 2. The van der Waals surface area contributed by atoms with Crippen LogP contribution < -0.4 is 15.4 Å². The minimum Gasteiger partial charge on any atom is -0.471 e. The summed E-state index contributed by atoms with van der Waals surface area (Å²) in [5.41, 5.74) is -2.41. The fraction of sp³-hybridized carbons (Fsp3) is 0.300. The predicted molar refractivity (Wildman–Crippen MR) is 164 cm³/mol. The molecule has 3 aromatic rings. The van der Waals surface area contributed by atoms with Crippen molar-refractivity contribution in [3.05, 3.63) is 98.6 Å². The monoisotopic (exact) mass is 660 g/mol. The van der Waals surface area contributed by atoms with Crippen LogP contribution in [0.4, 0.5) is 4.39 Å². The van der Waals surface area contributed by atoms with E-state index in [2.05, 4.69) is 16.8 Å². The van der Waals surface area contributed by atoms with Crippen LogP contribution in [-0.4, -0.2) is 68.8 Å². The summed E-state index contributed by atoms with van der Waals surface area (Å²) in [7, 11) is -1.53. The van der Waals surface area contributed by atoms with Crippen molar-refractivity contribution in [1.82, 2.24) is 19.8 Å². The maximum atomic E-state index is 15.4. The molecule has 2 aliphatic rings. The van der Waals surface area contributed by atoms with Gasteiger partial charge in [0.05, 0.1) is 6.54 Å². The van der Waals surface area contributed by atoms with Crippen molar-refractivity contribution in [1.29, 1.82) is 0 Å². The van der Waals surface area contributed by atoms with E-state index in [4.69, 9.17) is 32.8 Å². The molecule has 44 heavy (non-hydrogen) atoms. The molecule has 14 heteroatoms. The Morgan fingerprint density at radius 1 is 1.11 bits per heavy atom. The second-order valence-electron chi connectivity index (χ2n) is 10.7. The molecule has 10 nitrogen and oxygen atoms in total. The number of ether oxygens (including phenoxy) is 1. The molecule has 230 valence electrons. The summed E-state index contributed by atoms with van der Waals surface area (Å²) in [5.74, 6) is -2.17. The van der Waals surface area contributed by atoms with Gasteiger partial charge in [-0.25, -0.2) is 22.4 Å². The Morgan fingerprint density at radius 2 is 1.75 bits per heavy atom. The minimum absolute atomic E-state index is 0.136. The molecule has 2 amide bonds. The zero-order valence-corrected chi connectivity index (χ0v) is 26.3. The van der Waals surface area contributed by atoms with Gasteiger partial charge in [0.2, 0.25) is 15.9 Å². The van der Waals surface area contributed by atoms with Gasteiger partial charge in [-0.2, -0.15) is 4.85 Å². The van der Waals surface area contributed by atoms with Gasteiger partial charge in [0.1, 0.15) is 16.5 Å². The van der Waals surface area contributed by atoms with Crippen LogP contribution in [0.5, 0.6) is 5.75 Å². The number of benzene rings is 3. The molecular formula is C30H29Cl2FN5O5S+. The van der Waals surface area contributed by atoms with E-state index in [0.29, 0.717) is 21.2 Å². The van der Waals surface area contributed by atoms with Gasteiger partial charge >= 0.3 is 11.7 Å². The summed E-state index contributed by atoms with van der Waals surface area (Å²) in [4.78, 5) is 32.6. The summed E-state index contributed by atoms with van der Waals surface area (Å²) in [6.45, 7) is 1.67. The third-order valence-electron chi connectivity index (χ3n) is 7.79. The van der Waals surface area contributed by atoms with E-state index < -0.39 is 43.8 Å². The first-order valence-electron chi connectivity index (χ1n) is 13.5. The van der Waals surface area contributed by atoms with Crippen LogP contribution in [0.1, 0.15) is 24.1 Å². The van der Waals surface area contributed by atoms with Gasteiger partial charge in [0.25, 0.3) is 11.5 Å². The van der Waals surface area contributed by atoms with Crippen LogP contribution in [0.25, 0.3) is 4.85 Å². The largest absolute Gasteiger partial charge is 0.471 e. The maximum Gasteiger partial charge on any atom is 0.370 e. The number of nitrogens with one attached hydrogen (secondary N) is 2.